The first-order valence-corrected chi connectivity index (χ1v) is 8.06. The molecule has 2 atom stereocenters. The minimum Gasteiger partial charge on any atom is -0.491 e. The van der Waals surface area contributed by atoms with Gasteiger partial charge in [-0.05, 0) is 45.0 Å². The smallest absolute Gasteiger partial charge is 0.410 e. The first-order valence-electron chi connectivity index (χ1n) is 7.26. The number of likely N-dealkylation sites (tertiary alicyclic amines) is 1. The van der Waals surface area contributed by atoms with Crippen LogP contribution in [0, 0.1) is 0 Å². The lowest BCUT2D eigenvalue weighted by molar-refractivity contribution is 0.0181. The van der Waals surface area contributed by atoms with Crippen molar-refractivity contribution in [2.45, 2.75) is 45.0 Å². The molecule has 0 saturated carbocycles. The topological polar surface area (TPSA) is 38.8 Å². The molecule has 1 aliphatic rings. The number of hydrogen-bond acceptors (Lipinski definition) is 3. The van der Waals surface area contributed by atoms with Crippen LogP contribution in [0.5, 0.6) is 5.75 Å². The quantitative estimate of drug-likeness (QED) is 0.797. The third kappa shape index (κ3) is 4.87. The van der Waals surface area contributed by atoms with Crippen molar-refractivity contribution in [3.63, 3.8) is 0 Å². The molecule has 6 heteroatoms. The molecule has 0 spiro atoms. The lowest BCUT2D eigenvalue weighted by atomic mass is 10.2. The van der Waals surface area contributed by atoms with Crippen LogP contribution in [0.2, 0.25) is 0 Å². The zero-order valence-corrected chi connectivity index (χ0v) is 14.6. The van der Waals surface area contributed by atoms with Crippen LogP contribution < -0.4 is 4.74 Å². The van der Waals surface area contributed by atoms with E-state index in [2.05, 4.69) is 15.9 Å². The van der Waals surface area contributed by atoms with E-state index >= 15 is 0 Å². The lowest BCUT2D eigenvalue weighted by Gasteiger charge is -2.28. The summed E-state index contributed by atoms with van der Waals surface area (Å²) in [6.07, 6.45) is -1.25. The van der Waals surface area contributed by atoms with Crippen LogP contribution in [0.25, 0.3) is 0 Å². The van der Waals surface area contributed by atoms with Gasteiger partial charge in [0.1, 0.15) is 24.1 Å². The maximum atomic E-state index is 13.7. The largest absolute Gasteiger partial charge is 0.491 e. The zero-order chi connectivity index (χ0) is 16.3. The number of nitrogens with zero attached hydrogens (tertiary/aromatic N) is 1. The monoisotopic (exact) mass is 373 g/mol. The maximum absolute atomic E-state index is 13.7. The fourth-order valence-corrected chi connectivity index (χ4v) is 2.55. The van der Waals surface area contributed by atoms with Crippen LogP contribution in [0.15, 0.2) is 28.7 Å². The Morgan fingerprint density at radius 1 is 1.36 bits per heavy atom. The number of carbonyl (C=O) groups is 1. The van der Waals surface area contributed by atoms with E-state index < -0.39 is 17.9 Å². The van der Waals surface area contributed by atoms with E-state index in [0.29, 0.717) is 5.75 Å². The van der Waals surface area contributed by atoms with Gasteiger partial charge in [0.15, 0.2) is 0 Å². The number of rotatable bonds is 3. The van der Waals surface area contributed by atoms with Crippen molar-refractivity contribution in [3.8, 4) is 5.75 Å². The van der Waals surface area contributed by atoms with Crippen molar-refractivity contribution in [1.82, 2.24) is 4.90 Å². The predicted octanol–water partition coefficient (Wildman–Crippen LogP) is 4.18. The Balaban J connectivity index is 1.95. The highest BCUT2D eigenvalue weighted by atomic mass is 79.9. The molecule has 1 aromatic carbocycles. The van der Waals surface area contributed by atoms with Gasteiger partial charge in [0.05, 0.1) is 12.6 Å². The molecule has 1 heterocycles. The molecule has 1 saturated heterocycles. The highest BCUT2D eigenvalue weighted by Gasteiger charge is 2.38. The van der Waals surface area contributed by atoms with E-state index in [4.69, 9.17) is 9.47 Å². The molecule has 1 fully saturated rings. The molecule has 2 rings (SSSR count). The molecule has 0 N–H and O–H groups in total. The molecule has 1 aromatic rings. The summed E-state index contributed by atoms with van der Waals surface area (Å²) in [5.74, 6) is 0.689. The van der Waals surface area contributed by atoms with Crippen molar-refractivity contribution >= 4 is 22.0 Å². The summed E-state index contributed by atoms with van der Waals surface area (Å²) in [6, 6.07) is 7.07. The molecule has 0 bridgehead atoms. The van der Waals surface area contributed by atoms with Gasteiger partial charge in [-0.3, -0.25) is 4.90 Å². The Bertz CT molecular complexity index is 515. The summed E-state index contributed by atoms with van der Waals surface area (Å²) in [5, 5.41) is 0. The number of amides is 1. The van der Waals surface area contributed by atoms with Gasteiger partial charge in [-0.15, -0.1) is 0 Å². The first kappa shape index (κ1) is 17.1. The van der Waals surface area contributed by atoms with Gasteiger partial charge in [0.2, 0.25) is 0 Å². The second-order valence-electron chi connectivity index (χ2n) is 6.38. The van der Waals surface area contributed by atoms with Crippen LogP contribution in [-0.4, -0.2) is 42.0 Å². The number of ether oxygens (including phenoxy) is 2. The van der Waals surface area contributed by atoms with E-state index in [1.54, 1.807) is 20.8 Å². The molecular weight excluding hydrogens is 353 g/mol. The number of hydrogen-bond donors (Lipinski definition) is 0. The second kappa shape index (κ2) is 6.86. The summed E-state index contributed by atoms with van der Waals surface area (Å²) in [4.78, 5) is 13.6. The summed E-state index contributed by atoms with van der Waals surface area (Å²) in [5.41, 5.74) is -0.595. The van der Waals surface area contributed by atoms with Gasteiger partial charge in [-0.25, -0.2) is 9.18 Å². The average Bonchev–Trinajstić information content (AvgIpc) is 2.77. The minimum absolute atomic E-state index is 0.0588. The second-order valence-corrected chi connectivity index (χ2v) is 7.30. The van der Waals surface area contributed by atoms with Gasteiger partial charge in [-0.1, -0.05) is 15.9 Å². The van der Waals surface area contributed by atoms with Gasteiger partial charge < -0.3 is 9.47 Å². The first-order chi connectivity index (χ1) is 10.2. The van der Waals surface area contributed by atoms with E-state index in [1.165, 1.54) is 4.90 Å². The van der Waals surface area contributed by atoms with Crippen LogP contribution in [0.4, 0.5) is 9.18 Å². The van der Waals surface area contributed by atoms with Crippen molar-refractivity contribution in [2.75, 3.05) is 13.2 Å². The molecule has 4 nitrogen and oxygen atoms in total. The molecule has 22 heavy (non-hydrogen) atoms. The molecule has 122 valence electrons. The Morgan fingerprint density at radius 2 is 2.00 bits per heavy atom. The van der Waals surface area contributed by atoms with Crippen molar-refractivity contribution in [3.05, 3.63) is 28.7 Å². The number of alkyl halides is 1. The van der Waals surface area contributed by atoms with Crippen LogP contribution in [0.1, 0.15) is 27.2 Å². The molecular formula is C16H21BrFNO3. The molecule has 0 aromatic heterocycles. The van der Waals surface area contributed by atoms with Gasteiger partial charge >= 0.3 is 6.09 Å². The predicted molar refractivity (Wildman–Crippen MR) is 85.9 cm³/mol. The Morgan fingerprint density at radius 3 is 2.59 bits per heavy atom. The Hall–Kier alpha value is -1.30. The summed E-state index contributed by atoms with van der Waals surface area (Å²) >= 11 is 3.35. The third-order valence-corrected chi connectivity index (χ3v) is 3.78. The summed E-state index contributed by atoms with van der Waals surface area (Å²) in [6.45, 7) is 5.69. The van der Waals surface area contributed by atoms with Crippen molar-refractivity contribution < 1.29 is 18.7 Å². The average molecular weight is 374 g/mol. The highest BCUT2D eigenvalue weighted by molar-refractivity contribution is 9.10. The van der Waals surface area contributed by atoms with E-state index in [9.17, 15) is 9.18 Å². The van der Waals surface area contributed by atoms with E-state index in [1.807, 2.05) is 24.3 Å². The summed E-state index contributed by atoms with van der Waals surface area (Å²) < 4.78 is 25.6. The van der Waals surface area contributed by atoms with Crippen LogP contribution >= 0.6 is 15.9 Å². The number of halogens is 2. The van der Waals surface area contributed by atoms with Crippen molar-refractivity contribution in [1.29, 1.82) is 0 Å². The van der Waals surface area contributed by atoms with Gasteiger partial charge in [0, 0.05) is 10.9 Å². The Labute approximate surface area is 138 Å². The van der Waals surface area contributed by atoms with E-state index in [-0.39, 0.29) is 25.6 Å². The van der Waals surface area contributed by atoms with Crippen LogP contribution in [0.3, 0.4) is 0 Å². The number of carbonyl (C=O) groups excluding carboxylic acids is 1. The molecule has 0 unspecified atom stereocenters. The fourth-order valence-electron chi connectivity index (χ4n) is 2.28. The molecule has 1 amide bonds. The lowest BCUT2D eigenvalue weighted by Crippen LogP contribution is -2.42. The van der Waals surface area contributed by atoms with E-state index in [0.717, 1.165) is 4.47 Å². The standard InChI is InChI=1S/C16H21BrFNO3/c1-16(2,3)22-15(20)19-9-12(18)8-13(19)10-21-14-6-4-11(17)5-7-14/h4-7,12-13H,8-10H2,1-3H3/t12-,13-/m0/s1. The SMILES string of the molecule is CC(C)(C)OC(=O)N1C[C@@H](F)C[C@H]1COc1ccc(Br)cc1. The van der Waals surface area contributed by atoms with Gasteiger partial charge in [0.25, 0.3) is 0 Å². The fraction of sp³-hybridized carbons (Fsp3) is 0.562. The summed E-state index contributed by atoms with van der Waals surface area (Å²) in [7, 11) is 0. The third-order valence-electron chi connectivity index (χ3n) is 3.25. The highest BCUT2D eigenvalue weighted by Crippen LogP contribution is 2.24. The van der Waals surface area contributed by atoms with Gasteiger partial charge in [-0.2, -0.15) is 0 Å². The maximum Gasteiger partial charge on any atom is 0.410 e. The minimum atomic E-state index is -1.04. The normalized spacial score (nSPS) is 21.8. The van der Waals surface area contributed by atoms with Crippen molar-refractivity contribution in [2.24, 2.45) is 0 Å². The molecule has 0 radical (unpaired) electrons. The van der Waals surface area contributed by atoms with Crippen LogP contribution in [-0.2, 0) is 4.74 Å². The molecule has 0 aliphatic carbocycles. The Kier molecular flexibility index (Phi) is 5.32. The number of benzene rings is 1. The zero-order valence-electron chi connectivity index (χ0n) is 13.0. The molecule has 1 aliphatic heterocycles.